The summed E-state index contributed by atoms with van der Waals surface area (Å²) in [5.41, 5.74) is 1.10. The average Bonchev–Trinajstić information content (AvgIpc) is 3.35. The minimum atomic E-state index is -0.209. The molecular weight excluding hydrogens is 352 g/mol. The van der Waals surface area contributed by atoms with Crippen LogP contribution in [-0.4, -0.2) is 58.7 Å². The Morgan fingerprint density at radius 3 is 2.75 bits per heavy atom. The molecule has 1 aromatic heterocycles. The normalized spacial score (nSPS) is 28.2. The van der Waals surface area contributed by atoms with Crippen molar-refractivity contribution >= 4 is 22.6 Å². The molecule has 4 heterocycles. The molecule has 3 saturated heterocycles. The highest BCUT2D eigenvalue weighted by Gasteiger charge is 2.44. The van der Waals surface area contributed by atoms with Crippen LogP contribution in [-0.2, 0) is 9.53 Å². The molecule has 1 amide bonds. The summed E-state index contributed by atoms with van der Waals surface area (Å²) in [6, 6.07) is 8.27. The molecule has 2 atom stereocenters. The quantitative estimate of drug-likeness (QED) is 0.801. The maximum Gasteiger partial charge on any atom is 0.251 e. The zero-order valence-electron chi connectivity index (χ0n) is 16.3. The van der Waals surface area contributed by atoms with Gasteiger partial charge in [-0.15, -0.1) is 0 Å². The molecule has 28 heavy (non-hydrogen) atoms. The van der Waals surface area contributed by atoms with Gasteiger partial charge >= 0.3 is 0 Å². The Morgan fingerprint density at radius 2 is 1.89 bits per heavy atom. The Labute approximate surface area is 165 Å². The number of fused-ring (bicyclic) bond motifs is 1. The van der Waals surface area contributed by atoms with Crippen molar-refractivity contribution in [3.63, 3.8) is 0 Å². The number of carbonyl (C=O) groups excluding carboxylic acids is 1. The summed E-state index contributed by atoms with van der Waals surface area (Å²) in [5.74, 6) is 1.26. The van der Waals surface area contributed by atoms with Gasteiger partial charge in [-0.1, -0.05) is 12.1 Å². The van der Waals surface area contributed by atoms with Crippen molar-refractivity contribution in [2.75, 3.05) is 31.1 Å². The van der Waals surface area contributed by atoms with Crippen molar-refractivity contribution < 1.29 is 9.53 Å². The van der Waals surface area contributed by atoms with Crippen LogP contribution in [0.25, 0.3) is 10.9 Å². The molecule has 0 bridgehead atoms. The van der Waals surface area contributed by atoms with Crippen LogP contribution in [0.1, 0.15) is 44.9 Å². The molecule has 3 fully saturated rings. The summed E-state index contributed by atoms with van der Waals surface area (Å²) >= 11 is 0. The molecule has 1 aromatic carbocycles. The van der Waals surface area contributed by atoms with Gasteiger partial charge in [-0.25, -0.2) is 9.97 Å². The van der Waals surface area contributed by atoms with Crippen molar-refractivity contribution in [1.82, 2.24) is 14.9 Å². The molecule has 5 rings (SSSR count). The second-order valence-electron chi connectivity index (χ2n) is 8.37. The topological polar surface area (TPSA) is 58.6 Å². The first-order chi connectivity index (χ1) is 13.8. The highest BCUT2D eigenvalue weighted by atomic mass is 16.5. The smallest absolute Gasteiger partial charge is 0.251 e. The molecule has 0 radical (unpaired) electrons. The van der Waals surface area contributed by atoms with Crippen LogP contribution in [0.4, 0.5) is 5.82 Å². The minimum Gasteiger partial charge on any atom is -0.368 e. The minimum absolute atomic E-state index is 0.0999. The number of benzene rings is 1. The van der Waals surface area contributed by atoms with Crippen molar-refractivity contribution in [3.8, 4) is 0 Å². The predicted molar refractivity (Wildman–Crippen MR) is 108 cm³/mol. The van der Waals surface area contributed by atoms with E-state index in [4.69, 9.17) is 9.72 Å². The van der Waals surface area contributed by atoms with E-state index in [0.29, 0.717) is 0 Å². The number of aromatic nitrogens is 2. The van der Waals surface area contributed by atoms with E-state index in [2.05, 4.69) is 33.0 Å². The highest BCUT2D eigenvalue weighted by Crippen LogP contribution is 2.42. The molecule has 0 saturated carbocycles. The van der Waals surface area contributed by atoms with Gasteiger partial charge in [0.2, 0.25) is 0 Å². The van der Waals surface area contributed by atoms with E-state index >= 15 is 0 Å². The van der Waals surface area contributed by atoms with Crippen LogP contribution in [0, 0.1) is 0 Å². The highest BCUT2D eigenvalue weighted by molar-refractivity contribution is 5.89. The van der Waals surface area contributed by atoms with Crippen molar-refractivity contribution in [3.05, 3.63) is 30.6 Å². The lowest BCUT2D eigenvalue weighted by Crippen LogP contribution is -2.46. The first kappa shape index (κ1) is 17.9. The third kappa shape index (κ3) is 3.04. The molecule has 0 N–H and O–H groups in total. The van der Waals surface area contributed by atoms with E-state index in [-0.39, 0.29) is 17.6 Å². The Morgan fingerprint density at radius 1 is 1.04 bits per heavy atom. The number of likely N-dealkylation sites (tertiary alicyclic amines) is 1. The first-order valence-electron chi connectivity index (χ1n) is 10.6. The molecule has 3 aliphatic rings. The van der Waals surface area contributed by atoms with Crippen LogP contribution in [0.3, 0.4) is 0 Å². The molecule has 0 unspecified atom stereocenters. The predicted octanol–water partition coefficient (Wildman–Crippen LogP) is 3.16. The van der Waals surface area contributed by atoms with Crippen LogP contribution >= 0.6 is 0 Å². The summed E-state index contributed by atoms with van der Waals surface area (Å²) < 4.78 is 5.65. The maximum absolute atomic E-state index is 12.8. The largest absolute Gasteiger partial charge is 0.368 e. The number of hydrogen-bond donors (Lipinski definition) is 0. The summed E-state index contributed by atoms with van der Waals surface area (Å²) in [6.07, 6.45) is 8.86. The van der Waals surface area contributed by atoms with Crippen LogP contribution in [0.5, 0.6) is 0 Å². The van der Waals surface area contributed by atoms with Crippen LogP contribution in [0.15, 0.2) is 30.6 Å². The number of nitrogens with zero attached hydrogens (tertiary/aromatic N) is 4. The van der Waals surface area contributed by atoms with Gasteiger partial charge in [0, 0.05) is 37.2 Å². The zero-order chi connectivity index (χ0) is 19.0. The maximum atomic E-state index is 12.8. The van der Waals surface area contributed by atoms with Crippen molar-refractivity contribution in [2.45, 2.75) is 56.6 Å². The molecule has 2 aromatic rings. The molecule has 3 aliphatic heterocycles. The average molecular weight is 380 g/mol. The number of para-hydroxylation sites is 1. The molecule has 148 valence electrons. The molecule has 1 spiro atoms. The summed E-state index contributed by atoms with van der Waals surface area (Å²) in [4.78, 5) is 26.6. The fraction of sp³-hybridized carbons (Fsp3) is 0.591. The van der Waals surface area contributed by atoms with Crippen molar-refractivity contribution in [1.29, 1.82) is 0 Å². The monoisotopic (exact) mass is 380 g/mol. The number of anilines is 1. The Hall–Kier alpha value is -2.21. The molecule has 0 aliphatic carbocycles. The van der Waals surface area contributed by atoms with E-state index in [1.54, 1.807) is 6.33 Å². The zero-order valence-corrected chi connectivity index (χ0v) is 16.3. The third-order valence-electron chi connectivity index (χ3n) is 6.81. The standard InChI is InChI=1S/C22H28N4O2/c27-21(19-8-3-15-28-19)25-12-4-9-22(11-14-25)10-5-13-26(22)20-17-6-1-2-7-18(17)23-16-24-20/h1-2,6-7,16,19H,3-5,8-15H2/t19-,22+/m1/s1. The third-order valence-corrected chi connectivity index (χ3v) is 6.81. The number of rotatable bonds is 2. The lowest BCUT2D eigenvalue weighted by molar-refractivity contribution is -0.140. The van der Waals surface area contributed by atoms with Gasteiger partial charge in [-0.2, -0.15) is 0 Å². The summed E-state index contributed by atoms with van der Waals surface area (Å²) in [5, 5.41) is 1.13. The lowest BCUT2D eigenvalue weighted by Gasteiger charge is -2.39. The second-order valence-corrected chi connectivity index (χ2v) is 8.37. The van der Waals surface area contributed by atoms with Gasteiger partial charge in [0.05, 0.1) is 5.52 Å². The SMILES string of the molecule is O=C([C@H]1CCCO1)N1CCC[C@]2(CCCN2c2ncnc3ccccc23)CC1. The number of amides is 1. The fourth-order valence-corrected chi connectivity index (χ4v) is 5.37. The van der Waals surface area contributed by atoms with E-state index in [1.165, 1.54) is 12.8 Å². The van der Waals surface area contributed by atoms with E-state index < -0.39 is 0 Å². The van der Waals surface area contributed by atoms with Gasteiger partial charge in [0.15, 0.2) is 0 Å². The van der Waals surface area contributed by atoms with Gasteiger partial charge in [-0.3, -0.25) is 4.79 Å². The van der Waals surface area contributed by atoms with Gasteiger partial charge < -0.3 is 14.5 Å². The van der Waals surface area contributed by atoms with Crippen LogP contribution in [0.2, 0.25) is 0 Å². The van der Waals surface area contributed by atoms with E-state index in [0.717, 1.165) is 75.1 Å². The van der Waals surface area contributed by atoms with E-state index in [9.17, 15) is 4.79 Å². The Bertz CT molecular complexity index is 861. The number of hydrogen-bond acceptors (Lipinski definition) is 5. The number of ether oxygens (including phenoxy) is 1. The number of carbonyl (C=O) groups is 1. The molecule has 6 nitrogen and oxygen atoms in total. The fourth-order valence-electron chi connectivity index (χ4n) is 5.37. The van der Waals surface area contributed by atoms with E-state index in [1.807, 2.05) is 6.07 Å². The van der Waals surface area contributed by atoms with Gasteiger partial charge in [0.1, 0.15) is 18.2 Å². The first-order valence-corrected chi connectivity index (χ1v) is 10.6. The molecular formula is C22H28N4O2. The van der Waals surface area contributed by atoms with Crippen LogP contribution < -0.4 is 4.90 Å². The summed E-state index contributed by atoms with van der Waals surface area (Å²) in [6.45, 7) is 3.42. The van der Waals surface area contributed by atoms with Gasteiger partial charge in [-0.05, 0) is 57.1 Å². The lowest BCUT2D eigenvalue weighted by atomic mass is 9.87. The Kier molecular flexibility index (Phi) is 4.67. The second kappa shape index (κ2) is 7.32. The Balaban J connectivity index is 1.40. The summed E-state index contributed by atoms with van der Waals surface area (Å²) in [7, 11) is 0. The van der Waals surface area contributed by atoms with Gasteiger partial charge in [0.25, 0.3) is 5.91 Å². The molecule has 6 heteroatoms. The van der Waals surface area contributed by atoms with Crippen molar-refractivity contribution in [2.24, 2.45) is 0 Å².